The Morgan fingerprint density at radius 1 is 1.48 bits per heavy atom. The third-order valence-electron chi connectivity index (χ3n) is 4.25. The quantitative estimate of drug-likeness (QED) is 0.865. The Hall–Kier alpha value is -2.08. The van der Waals surface area contributed by atoms with Gasteiger partial charge in [-0.25, -0.2) is 0 Å². The van der Waals surface area contributed by atoms with Crippen molar-refractivity contribution >= 4 is 23.2 Å². The van der Waals surface area contributed by atoms with Crippen LogP contribution in [0.3, 0.4) is 0 Å². The van der Waals surface area contributed by atoms with Gasteiger partial charge in [-0.05, 0) is 37.2 Å². The second kappa shape index (κ2) is 5.37. The molecule has 6 heteroatoms. The van der Waals surface area contributed by atoms with Gasteiger partial charge in [0.1, 0.15) is 5.75 Å². The minimum absolute atomic E-state index is 0.00663. The van der Waals surface area contributed by atoms with Gasteiger partial charge in [-0.2, -0.15) is 0 Å². The first-order valence-electron chi connectivity index (χ1n) is 7.11. The number of amides is 2. The maximum Gasteiger partial charge on any atom is 0.264 e. The molecule has 3 rings (SSSR count). The number of nitrogens with one attached hydrogen (secondary N) is 2. The van der Waals surface area contributed by atoms with Crippen LogP contribution >= 0.6 is 0 Å². The minimum Gasteiger partial charge on any atom is -0.482 e. The number of ether oxygens (including phenoxy) is 1. The Labute approximate surface area is 123 Å². The van der Waals surface area contributed by atoms with E-state index in [2.05, 4.69) is 10.6 Å². The van der Waals surface area contributed by atoms with Gasteiger partial charge in [-0.3, -0.25) is 9.59 Å². The molecule has 0 saturated carbocycles. The number of carbonyl (C=O) groups excluding carboxylic acids is 2. The van der Waals surface area contributed by atoms with Crippen molar-refractivity contribution in [3.05, 3.63) is 18.2 Å². The molecule has 112 valence electrons. The Kier molecular flexibility index (Phi) is 3.55. The van der Waals surface area contributed by atoms with Crippen LogP contribution in [0, 0.1) is 11.8 Å². The second-order valence-corrected chi connectivity index (χ2v) is 5.62. The summed E-state index contributed by atoms with van der Waals surface area (Å²) in [6.45, 7) is 3.78. The largest absolute Gasteiger partial charge is 0.482 e. The maximum absolute atomic E-state index is 12.2. The van der Waals surface area contributed by atoms with Crippen molar-refractivity contribution < 1.29 is 14.3 Å². The molecule has 0 spiro atoms. The molecule has 1 fully saturated rings. The number of nitrogens with zero attached hydrogens (tertiary/aromatic N) is 1. The molecule has 0 bridgehead atoms. The molecule has 0 radical (unpaired) electrons. The maximum atomic E-state index is 12.2. The van der Waals surface area contributed by atoms with Gasteiger partial charge in [0.25, 0.3) is 5.91 Å². The summed E-state index contributed by atoms with van der Waals surface area (Å²) >= 11 is 0. The third-order valence-corrected chi connectivity index (χ3v) is 4.25. The van der Waals surface area contributed by atoms with Crippen LogP contribution in [0.2, 0.25) is 0 Å². The van der Waals surface area contributed by atoms with E-state index < -0.39 is 0 Å². The Morgan fingerprint density at radius 3 is 2.90 bits per heavy atom. The lowest BCUT2D eigenvalue weighted by Gasteiger charge is -2.32. The van der Waals surface area contributed by atoms with Crippen LogP contribution < -0.4 is 20.3 Å². The predicted octanol–water partition coefficient (Wildman–Crippen LogP) is 0.836. The molecule has 1 saturated heterocycles. The number of carbonyl (C=O) groups is 2. The first-order valence-corrected chi connectivity index (χ1v) is 7.11. The van der Waals surface area contributed by atoms with E-state index in [1.807, 2.05) is 6.92 Å². The Bertz CT molecular complexity index is 584. The van der Waals surface area contributed by atoms with Crippen molar-refractivity contribution in [3.8, 4) is 5.75 Å². The molecule has 2 heterocycles. The summed E-state index contributed by atoms with van der Waals surface area (Å²) < 4.78 is 5.37. The summed E-state index contributed by atoms with van der Waals surface area (Å²) in [6.07, 6.45) is 0. The fourth-order valence-corrected chi connectivity index (χ4v) is 2.48. The number of hydrogen-bond acceptors (Lipinski definition) is 4. The zero-order chi connectivity index (χ0) is 15.0. The number of benzene rings is 1. The van der Waals surface area contributed by atoms with Crippen LogP contribution in [0.15, 0.2) is 18.2 Å². The fraction of sp³-hybridized carbons (Fsp3) is 0.467. The van der Waals surface area contributed by atoms with Crippen LogP contribution in [0.5, 0.6) is 5.75 Å². The van der Waals surface area contributed by atoms with E-state index in [1.54, 1.807) is 30.1 Å². The summed E-state index contributed by atoms with van der Waals surface area (Å²) in [4.78, 5) is 25.4. The van der Waals surface area contributed by atoms with E-state index in [0.717, 1.165) is 13.1 Å². The summed E-state index contributed by atoms with van der Waals surface area (Å²) in [5.74, 6) is 0.937. The van der Waals surface area contributed by atoms with Crippen molar-refractivity contribution in [1.82, 2.24) is 5.32 Å². The van der Waals surface area contributed by atoms with Crippen LogP contribution in [0.4, 0.5) is 11.4 Å². The molecule has 2 aliphatic rings. The lowest BCUT2D eigenvalue weighted by molar-refractivity contribution is -0.121. The zero-order valence-corrected chi connectivity index (χ0v) is 12.2. The predicted molar refractivity (Wildman–Crippen MR) is 79.5 cm³/mol. The molecule has 0 aromatic heterocycles. The van der Waals surface area contributed by atoms with Crippen LogP contribution in [0.25, 0.3) is 0 Å². The summed E-state index contributed by atoms with van der Waals surface area (Å²) in [6, 6.07) is 5.35. The van der Waals surface area contributed by atoms with E-state index in [1.165, 1.54) is 0 Å². The second-order valence-electron chi connectivity index (χ2n) is 5.62. The molecule has 2 N–H and O–H groups in total. The number of hydrogen-bond donors (Lipinski definition) is 2. The molecule has 1 aromatic rings. The molecule has 1 unspecified atom stereocenters. The van der Waals surface area contributed by atoms with E-state index in [-0.39, 0.29) is 24.3 Å². The normalized spacial score (nSPS) is 19.3. The van der Waals surface area contributed by atoms with Crippen LogP contribution in [-0.2, 0) is 9.59 Å². The number of likely N-dealkylation sites (N-methyl/N-ethyl adjacent to an activating group) is 1. The van der Waals surface area contributed by atoms with Crippen molar-refractivity contribution in [2.45, 2.75) is 6.92 Å². The SMILES string of the molecule is CC(C(=O)Nc1ccc2c(c1)N(C)C(=O)CO2)C1CNC1. The lowest BCUT2D eigenvalue weighted by atomic mass is 9.88. The van der Waals surface area contributed by atoms with Crippen molar-refractivity contribution in [2.24, 2.45) is 11.8 Å². The van der Waals surface area contributed by atoms with E-state index >= 15 is 0 Å². The van der Waals surface area contributed by atoms with Crippen molar-refractivity contribution in [3.63, 3.8) is 0 Å². The van der Waals surface area contributed by atoms with Gasteiger partial charge >= 0.3 is 0 Å². The highest BCUT2D eigenvalue weighted by Crippen LogP contribution is 2.33. The number of fused-ring (bicyclic) bond motifs is 1. The van der Waals surface area contributed by atoms with Crippen LogP contribution in [-0.4, -0.2) is 38.6 Å². The molecule has 2 aliphatic heterocycles. The van der Waals surface area contributed by atoms with Crippen LogP contribution in [0.1, 0.15) is 6.92 Å². The highest BCUT2D eigenvalue weighted by molar-refractivity contribution is 5.99. The number of rotatable bonds is 3. The molecule has 0 aliphatic carbocycles. The summed E-state index contributed by atoms with van der Waals surface area (Å²) in [5.41, 5.74) is 1.37. The van der Waals surface area contributed by atoms with Gasteiger partial charge in [-0.1, -0.05) is 6.92 Å². The highest BCUT2D eigenvalue weighted by Gasteiger charge is 2.29. The first kappa shape index (κ1) is 13.9. The van der Waals surface area contributed by atoms with Crippen molar-refractivity contribution in [1.29, 1.82) is 0 Å². The van der Waals surface area contributed by atoms with Gasteiger partial charge in [0, 0.05) is 18.7 Å². The first-order chi connectivity index (χ1) is 10.1. The van der Waals surface area contributed by atoms with Gasteiger partial charge in [0.15, 0.2) is 6.61 Å². The zero-order valence-electron chi connectivity index (χ0n) is 12.2. The Balaban J connectivity index is 1.74. The van der Waals surface area contributed by atoms with Gasteiger partial charge < -0.3 is 20.3 Å². The van der Waals surface area contributed by atoms with E-state index in [9.17, 15) is 9.59 Å². The molecule has 2 amide bonds. The average Bonchev–Trinajstić information content (AvgIpc) is 2.41. The molecular formula is C15H19N3O3. The van der Waals surface area contributed by atoms with Gasteiger partial charge in [0.2, 0.25) is 5.91 Å². The molecule has 1 aromatic carbocycles. The fourth-order valence-electron chi connectivity index (χ4n) is 2.48. The molecular weight excluding hydrogens is 270 g/mol. The van der Waals surface area contributed by atoms with Crippen molar-refractivity contribution in [2.75, 3.05) is 37.0 Å². The molecule has 1 atom stereocenters. The smallest absolute Gasteiger partial charge is 0.264 e. The lowest BCUT2D eigenvalue weighted by Crippen LogP contribution is -2.48. The minimum atomic E-state index is -0.0973. The topological polar surface area (TPSA) is 70.7 Å². The van der Waals surface area contributed by atoms with Gasteiger partial charge in [0.05, 0.1) is 5.69 Å². The Morgan fingerprint density at radius 2 is 2.24 bits per heavy atom. The third kappa shape index (κ3) is 2.58. The van der Waals surface area contributed by atoms with E-state index in [0.29, 0.717) is 23.0 Å². The number of anilines is 2. The average molecular weight is 289 g/mol. The standard InChI is InChI=1S/C15H19N3O3/c1-9(10-6-16-7-10)15(20)17-11-3-4-13-12(5-11)18(2)14(19)8-21-13/h3-5,9-10,16H,6-8H2,1-2H3,(H,17,20). The molecule has 21 heavy (non-hydrogen) atoms. The molecule has 6 nitrogen and oxygen atoms in total. The van der Waals surface area contributed by atoms with Gasteiger partial charge in [-0.15, -0.1) is 0 Å². The highest BCUT2D eigenvalue weighted by atomic mass is 16.5. The monoisotopic (exact) mass is 289 g/mol. The van der Waals surface area contributed by atoms with E-state index in [4.69, 9.17) is 4.74 Å². The summed E-state index contributed by atoms with van der Waals surface area (Å²) in [5, 5.41) is 6.09. The summed E-state index contributed by atoms with van der Waals surface area (Å²) in [7, 11) is 1.71.